The first-order valence-corrected chi connectivity index (χ1v) is 10.2. The Balaban J connectivity index is 1.48. The number of rotatable bonds is 4. The minimum atomic E-state index is -1.47. The fourth-order valence-corrected chi connectivity index (χ4v) is 4.74. The third kappa shape index (κ3) is 3.85. The molecule has 4 rings (SSSR count). The van der Waals surface area contributed by atoms with Crippen molar-refractivity contribution in [2.24, 2.45) is 5.92 Å². The second kappa shape index (κ2) is 8.06. The molecular formula is C23H25F3N2. The molecule has 2 aromatic rings. The predicted molar refractivity (Wildman–Crippen MR) is 103 cm³/mol. The molecule has 2 aliphatic rings. The summed E-state index contributed by atoms with van der Waals surface area (Å²) in [5.41, 5.74) is 4.51. The largest absolute Gasteiger partial charge is 0.236 e. The second-order valence-corrected chi connectivity index (χ2v) is 8.14. The van der Waals surface area contributed by atoms with Crippen LogP contribution in [0.1, 0.15) is 69.8 Å². The molecule has 1 heterocycles. The van der Waals surface area contributed by atoms with Crippen LogP contribution in [0.4, 0.5) is 13.2 Å². The number of benzene rings is 1. The van der Waals surface area contributed by atoms with Gasteiger partial charge in [-0.2, -0.15) is 0 Å². The zero-order valence-corrected chi connectivity index (χ0v) is 16.1. The van der Waals surface area contributed by atoms with Gasteiger partial charge in [-0.25, -0.2) is 23.1 Å². The molecule has 1 aromatic heterocycles. The summed E-state index contributed by atoms with van der Waals surface area (Å²) in [6, 6.07) is 1.86. The summed E-state index contributed by atoms with van der Waals surface area (Å²) in [4.78, 5) is 8.59. The number of hydrogen-bond donors (Lipinski definition) is 0. The minimum absolute atomic E-state index is 0.144. The maximum Gasteiger partial charge on any atom is 0.194 e. The molecule has 1 aromatic carbocycles. The van der Waals surface area contributed by atoms with Gasteiger partial charge in [0.05, 0.1) is 0 Å². The van der Waals surface area contributed by atoms with Crippen molar-refractivity contribution >= 4 is 0 Å². The molecule has 5 heteroatoms. The number of allylic oxidation sites excluding steroid dienone is 2. The van der Waals surface area contributed by atoms with Crippen LogP contribution in [-0.4, -0.2) is 9.97 Å². The first kappa shape index (κ1) is 19.2. The molecule has 0 aliphatic heterocycles. The van der Waals surface area contributed by atoms with E-state index in [1.807, 2.05) is 0 Å². The van der Waals surface area contributed by atoms with E-state index in [0.717, 1.165) is 42.9 Å². The highest BCUT2D eigenvalue weighted by Crippen LogP contribution is 2.44. The zero-order valence-electron chi connectivity index (χ0n) is 16.1. The van der Waals surface area contributed by atoms with Gasteiger partial charge >= 0.3 is 0 Å². The fraction of sp³-hybridized carbons (Fsp3) is 0.478. The van der Waals surface area contributed by atoms with Crippen molar-refractivity contribution < 1.29 is 13.2 Å². The van der Waals surface area contributed by atoms with Gasteiger partial charge in [0.1, 0.15) is 0 Å². The van der Waals surface area contributed by atoms with E-state index in [2.05, 4.69) is 16.9 Å². The van der Waals surface area contributed by atoms with Crippen molar-refractivity contribution in [2.45, 2.75) is 64.2 Å². The van der Waals surface area contributed by atoms with Crippen LogP contribution >= 0.6 is 0 Å². The van der Waals surface area contributed by atoms with Crippen LogP contribution in [0.25, 0.3) is 11.4 Å². The first-order valence-electron chi connectivity index (χ1n) is 10.2. The van der Waals surface area contributed by atoms with Gasteiger partial charge in [0.2, 0.25) is 0 Å². The average Bonchev–Trinajstić information content (AvgIpc) is 2.71. The maximum absolute atomic E-state index is 13.5. The van der Waals surface area contributed by atoms with Crippen LogP contribution in [0.3, 0.4) is 0 Å². The molecule has 0 N–H and O–H groups in total. The maximum atomic E-state index is 13.5. The minimum Gasteiger partial charge on any atom is -0.236 e. The van der Waals surface area contributed by atoms with Gasteiger partial charge in [0.25, 0.3) is 0 Å². The lowest BCUT2D eigenvalue weighted by Gasteiger charge is -2.34. The molecular weight excluding hydrogens is 361 g/mol. The Morgan fingerprint density at radius 1 is 0.929 bits per heavy atom. The molecule has 28 heavy (non-hydrogen) atoms. The highest BCUT2D eigenvalue weighted by Gasteiger charge is 2.27. The number of halogens is 3. The first-order chi connectivity index (χ1) is 13.5. The SMILES string of the molecule is CCCC1CCC2=C(CCC(c3cnc(-c4cc(F)c(F)c(F)c4)nc3)C2)C1. The van der Waals surface area contributed by atoms with E-state index < -0.39 is 17.5 Å². The standard InChI is InChI=1S/C23H25F3N2/c1-2-3-14-4-5-16-9-17(7-6-15(16)8-14)19-12-27-23(28-13-19)18-10-20(24)22(26)21(25)11-18/h10-14,17H,2-9H2,1H3. The normalized spacial score (nSPS) is 22.3. The van der Waals surface area contributed by atoms with Crippen molar-refractivity contribution in [3.63, 3.8) is 0 Å². The number of aromatic nitrogens is 2. The number of nitrogens with zero attached hydrogens (tertiary/aromatic N) is 2. The Morgan fingerprint density at radius 2 is 1.57 bits per heavy atom. The van der Waals surface area contributed by atoms with Gasteiger partial charge in [-0.05, 0) is 68.1 Å². The molecule has 0 fully saturated rings. The smallest absolute Gasteiger partial charge is 0.194 e. The molecule has 0 bridgehead atoms. The lowest BCUT2D eigenvalue weighted by Crippen LogP contribution is -2.17. The van der Waals surface area contributed by atoms with Gasteiger partial charge in [0.15, 0.2) is 23.3 Å². The molecule has 0 radical (unpaired) electrons. The topological polar surface area (TPSA) is 25.8 Å². The van der Waals surface area contributed by atoms with Gasteiger partial charge in [-0.1, -0.05) is 30.9 Å². The Morgan fingerprint density at radius 3 is 2.25 bits per heavy atom. The summed E-state index contributed by atoms with van der Waals surface area (Å²) >= 11 is 0. The summed E-state index contributed by atoms with van der Waals surface area (Å²) in [5.74, 6) is -2.46. The van der Waals surface area contributed by atoms with E-state index in [-0.39, 0.29) is 11.4 Å². The van der Waals surface area contributed by atoms with Crippen LogP contribution in [0.15, 0.2) is 35.7 Å². The van der Waals surface area contributed by atoms with Crippen molar-refractivity contribution in [3.05, 3.63) is 58.7 Å². The lowest BCUT2D eigenvalue weighted by molar-refractivity contribution is 0.386. The predicted octanol–water partition coefficient (Wildman–Crippen LogP) is 6.73. The Hall–Kier alpha value is -2.17. The van der Waals surface area contributed by atoms with E-state index in [1.165, 1.54) is 32.1 Å². The zero-order chi connectivity index (χ0) is 19.7. The van der Waals surface area contributed by atoms with Gasteiger partial charge in [-0.3, -0.25) is 0 Å². The molecule has 0 amide bonds. The molecule has 148 valence electrons. The van der Waals surface area contributed by atoms with E-state index in [4.69, 9.17) is 0 Å². The molecule has 0 saturated carbocycles. The summed E-state index contributed by atoms with van der Waals surface area (Å²) in [6.07, 6.45) is 13.2. The van der Waals surface area contributed by atoms with Crippen LogP contribution in [-0.2, 0) is 0 Å². The van der Waals surface area contributed by atoms with Gasteiger partial charge in [0, 0.05) is 18.0 Å². The summed E-state index contributed by atoms with van der Waals surface area (Å²) < 4.78 is 40.0. The Bertz CT molecular complexity index is 866. The van der Waals surface area contributed by atoms with Crippen molar-refractivity contribution in [3.8, 4) is 11.4 Å². The average molecular weight is 386 g/mol. The molecule has 2 atom stereocenters. The van der Waals surface area contributed by atoms with Crippen LogP contribution in [0.5, 0.6) is 0 Å². The van der Waals surface area contributed by atoms with E-state index in [0.29, 0.717) is 5.92 Å². The monoisotopic (exact) mass is 386 g/mol. The van der Waals surface area contributed by atoms with Crippen molar-refractivity contribution in [1.29, 1.82) is 0 Å². The number of hydrogen-bond acceptors (Lipinski definition) is 2. The molecule has 2 nitrogen and oxygen atoms in total. The van der Waals surface area contributed by atoms with Crippen LogP contribution in [0.2, 0.25) is 0 Å². The third-order valence-corrected chi connectivity index (χ3v) is 6.26. The quantitative estimate of drug-likeness (QED) is 0.430. The third-order valence-electron chi connectivity index (χ3n) is 6.26. The van der Waals surface area contributed by atoms with Crippen LogP contribution < -0.4 is 0 Å². The lowest BCUT2D eigenvalue weighted by atomic mass is 9.72. The summed E-state index contributed by atoms with van der Waals surface area (Å²) in [5, 5.41) is 0. The highest BCUT2D eigenvalue weighted by atomic mass is 19.2. The van der Waals surface area contributed by atoms with E-state index >= 15 is 0 Å². The van der Waals surface area contributed by atoms with Gasteiger partial charge in [-0.15, -0.1) is 0 Å². The fourth-order valence-electron chi connectivity index (χ4n) is 4.74. The molecule has 2 unspecified atom stereocenters. The van der Waals surface area contributed by atoms with Crippen LogP contribution in [0, 0.1) is 23.4 Å². The summed E-state index contributed by atoms with van der Waals surface area (Å²) in [7, 11) is 0. The Labute approximate surface area is 163 Å². The molecule has 0 spiro atoms. The summed E-state index contributed by atoms with van der Waals surface area (Å²) in [6.45, 7) is 2.26. The molecule has 0 saturated heterocycles. The van der Waals surface area contributed by atoms with Gasteiger partial charge < -0.3 is 0 Å². The Kier molecular flexibility index (Phi) is 5.51. The van der Waals surface area contributed by atoms with Crippen molar-refractivity contribution in [2.75, 3.05) is 0 Å². The second-order valence-electron chi connectivity index (χ2n) is 8.14. The highest BCUT2D eigenvalue weighted by molar-refractivity contribution is 5.55. The van der Waals surface area contributed by atoms with E-state index in [9.17, 15) is 13.2 Å². The van der Waals surface area contributed by atoms with E-state index in [1.54, 1.807) is 23.5 Å². The molecule has 2 aliphatic carbocycles. The van der Waals surface area contributed by atoms with Crippen molar-refractivity contribution in [1.82, 2.24) is 9.97 Å².